The summed E-state index contributed by atoms with van der Waals surface area (Å²) in [5.74, 6) is 0.215. The van der Waals surface area contributed by atoms with Crippen LogP contribution in [0.3, 0.4) is 0 Å². The normalized spacial score (nSPS) is 14.3. The molecule has 3 aromatic rings. The molecule has 0 bridgehead atoms. The van der Waals surface area contributed by atoms with Gasteiger partial charge in [0.15, 0.2) is 0 Å². The number of amides is 2. The minimum atomic E-state index is -0.408. The average Bonchev–Trinajstić information content (AvgIpc) is 3.21. The van der Waals surface area contributed by atoms with Crippen LogP contribution in [0.15, 0.2) is 48.7 Å². The van der Waals surface area contributed by atoms with Crippen LogP contribution in [0.4, 0.5) is 10.5 Å². The molecule has 7 heteroatoms. The van der Waals surface area contributed by atoms with Gasteiger partial charge in [0.25, 0.3) is 0 Å². The predicted octanol–water partition coefficient (Wildman–Crippen LogP) is 4.70. The van der Waals surface area contributed by atoms with E-state index in [-0.39, 0.29) is 6.04 Å². The van der Waals surface area contributed by atoms with E-state index in [0.717, 1.165) is 47.8 Å². The van der Waals surface area contributed by atoms with Crippen molar-refractivity contribution in [2.24, 2.45) is 5.73 Å². The second kappa shape index (κ2) is 9.34. The predicted molar refractivity (Wildman–Crippen MR) is 124 cm³/mol. The van der Waals surface area contributed by atoms with Gasteiger partial charge in [0.2, 0.25) is 0 Å². The number of aromatic nitrogens is 1. The fourth-order valence-electron chi connectivity index (χ4n) is 4.62. The number of benzene rings is 2. The molecular weight excluding hydrogens is 406 g/mol. The standard InChI is InChI=1S/C25H29N3O4/c1-31-23-14-18(24(29)32-2)8-9-19(23)16-27-13-12-17-10-11-21(15-22(17)27)28(25(26)30)20-6-4-3-5-7-20/h8-15,20H,3-7,16H2,1-2H3,(H2,26,30). The van der Waals surface area contributed by atoms with E-state index in [9.17, 15) is 9.59 Å². The highest BCUT2D eigenvalue weighted by molar-refractivity contribution is 5.94. The van der Waals surface area contributed by atoms with Gasteiger partial charge < -0.3 is 19.8 Å². The summed E-state index contributed by atoms with van der Waals surface area (Å²) in [6.07, 6.45) is 7.42. The summed E-state index contributed by atoms with van der Waals surface area (Å²) in [5, 5.41) is 1.08. The maximum absolute atomic E-state index is 12.3. The number of primary amides is 1. The molecule has 1 aliphatic carbocycles. The fourth-order valence-corrected chi connectivity index (χ4v) is 4.62. The highest BCUT2D eigenvalue weighted by Gasteiger charge is 2.25. The van der Waals surface area contributed by atoms with E-state index < -0.39 is 12.0 Å². The summed E-state index contributed by atoms with van der Waals surface area (Å²) in [4.78, 5) is 25.9. The Morgan fingerprint density at radius 2 is 1.84 bits per heavy atom. The van der Waals surface area contributed by atoms with Gasteiger partial charge in [-0.15, -0.1) is 0 Å². The Morgan fingerprint density at radius 1 is 1.06 bits per heavy atom. The number of nitrogens with two attached hydrogens (primary N) is 1. The highest BCUT2D eigenvalue weighted by atomic mass is 16.5. The number of esters is 1. The van der Waals surface area contributed by atoms with Crippen LogP contribution in [0.1, 0.15) is 48.0 Å². The second-order valence-electron chi connectivity index (χ2n) is 8.21. The highest BCUT2D eigenvalue weighted by Crippen LogP contribution is 2.31. The Labute approximate surface area is 187 Å². The lowest BCUT2D eigenvalue weighted by Crippen LogP contribution is -2.44. The van der Waals surface area contributed by atoms with Crippen LogP contribution in [0.2, 0.25) is 0 Å². The third-order valence-electron chi connectivity index (χ3n) is 6.26. The van der Waals surface area contributed by atoms with E-state index >= 15 is 0 Å². The lowest BCUT2D eigenvalue weighted by atomic mass is 9.94. The third-order valence-corrected chi connectivity index (χ3v) is 6.26. The zero-order valence-corrected chi connectivity index (χ0v) is 18.5. The molecule has 0 spiro atoms. The minimum Gasteiger partial charge on any atom is -0.496 e. The van der Waals surface area contributed by atoms with Gasteiger partial charge in [0.1, 0.15) is 5.75 Å². The van der Waals surface area contributed by atoms with Crippen molar-refractivity contribution < 1.29 is 19.1 Å². The summed E-state index contributed by atoms with van der Waals surface area (Å²) in [6.45, 7) is 0.553. The Bertz CT molecular complexity index is 1130. The summed E-state index contributed by atoms with van der Waals surface area (Å²) in [7, 11) is 2.94. The minimum absolute atomic E-state index is 0.146. The molecular formula is C25H29N3O4. The number of hydrogen-bond acceptors (Lipinski definition) is 4. The zero-order chi connectivity index (χ0) is 22.7. The number of urea groups is 1. The maximum atomic E-state index is 12.3. The van der Waals surface area contributed by atoms with Gasteiger partial charge in [-0.2, -0.15) is 0 Å². The van der Waals surface area contributed by atoms with Gasteiger partial charge in [-0.05, 0) is 48.6 Å². The van der Waals surface area contributed by atoms with E-state index in [2.05, 4.69) is 4.57 Å². The van der Waals surface area contributed by atoms with E-state index in [0.29, 0.717) is 17.9 Å². The number of fused-ring (bicyclic) bond motifs is 1. The van der Waals surface area contributed by atoms with Crippen LogP contribution in [0.5, 0.6) is 5.75 Å². The first-order chi connectivity index (χ1) is 15.5. The molecule has 0 radical (unpaired) electrons. The van der Waals surface area contributed by atoms with Gasteiger partial charge in [-0.3, -0.25) is 4.90 Å². The monoisotopic (exact) mass is 435 g/mol. The SMILES string of the molecule is COC(=O)c1ccc(Cn2ccc3ccc(N(C(N)=O)C4CCCCC4)cc32)c(OC)c1. The molecule has 2 aromatic carbocycles. The van der Waals surface area contributed by atoms with Crippen LogP contribution in [0.25, 0.3) is 10.9 Å². The molecule has 7 nitrogen and oxygen atoms in total. The van der Waals surface area contributed by atoms with Crippen molar-refractivity contribution in [1.82, 2.24) is 4.57 Å². The van der Waals surface area contributed by atoms with Crippen LogP contribution in [-0.4, -0.2) is 36.8 Å². The first kappa shape index (κ1) is 21.7. The summed E-state index contributed by atoms with van der Waals surface area (Å²) >= 11 is 0. The van der Waals surface area contributed by atoms with Crippen molar-refractivity contribution in [2.45, 2.75) is 44.7 Å². The molecule has 168 valence electrons. The number of carbonyl (C=O) groups is 2. The van der Waals surface area contributed by atoms with Crippen LogP contribution >= 0.6 is 0 Å². The number of carbonyl (C=O) groups excluding carboxylic acids is 2. The number of nitrogens with zero attached hydrogens (tertiary/aromatic N) is 2. The van der Waals surface area contributed by atoms with E-state index in [4.69, 9.17) is 15.2 Å². The van der Waals surface area contributed by atoms with Crippen LogP contribution < -0.4 is 15.4 Å². The van der Waals surface area contributed by atoms with Crippen molar-refractivity contribution >= 4 is 28.6 Å². The zero-order valence-electron chi connectivity index (χ0n) is 18.5. The van der Waals surface area contributed by atoms with Gasteiger partial charge in [0, 0.05) is 23.5 Å². The largest absolute Gasteiger partial charge is 0.496 e. The van der Waals surface area contributed by atoms with E-state index in [1.807, 2.05) is 36.5 Å². The molecule has 0 atom stereocenters. The number of anilines is 1. The number of hydrogen-bond donors (Lipinski definition) is 1. The molecule has 1 aliphatic rings. The molecule has 0 saturated heterocycles. The first-order valence-corrected chi connectivity index (χ1v) is 10.9. The van der Waals surface area contributed by atoms with Gasteiger partial charge in [-0.25, -0.2) is 9.59 Å². The maximum Gasteiger partial charge on any atom is 0.337 e. The average molecular weight is 436 g/mol. The molecule has 0 unspecified atom stereocenters. The van der Waals surface area contributed by atoms with Crippen molar-refractivity contribution in [3.8, 4) is 5.75 Å². The van der Waals surface area contributed by atoms with Gasteiger partial charge in [-0.1, -0.05) is 31.4 Å². The molecule has 2 N–H and O–H groups in total. The molecule has 1 fully saturated rings. The Morgan fingerprint density at radius 3 is 2.53 bits per heavy atom. The lowest BCUT2D eigenvalue weighted by molar-refractivity contribution is 0.0600. The quantitative estimate of drug-likeness (QED) is 0.569. The Balaban J connectivity index is 1.67. The molecule has 1 heterocycles. The van der Waals surface area contributed by atoms with E-state index in [1.54, 1.807) is 24.1 Å². The van der Waals surface area contributed by atoms with E-state index in [1.165, 1.54) is 13.5 Å². The number of methoxy groups -OCH3 is 2. The second-order valence-corrected chi connectivity index (χ2v) is 8.21. The lowest BCUT2D eigenvalue weighted by Gasteiger charge is -2.33. The summed E-state index contributed by atoms with van der Waals surface area (Å²) in [6, 6.07) is 13.1. The topological polar surface area (TPSA) is 86.8 Å². The van der Waals surface area contributed by atoms with Crippen LogP contribution in [-0.2, 0) is 11.3 Å². The molecule has 0 aliphatic heterocycles. The molecule has 32 heavy (non-hydrogen) atoms. The first-order valence-electron chi connectivity index (χ1n) is 10.9. The summed E-state index contributed by atoms with van der Waals surface area (Å²) < 4.78 is 12.4. The fraction of sp³-hybridized carbons (Fsp3) is 0.360. The molecule has 1 saturated carbocycles. The number of rotatable bonds is 6. The summed E-state index contributed by atoms with van der Waals surface area (Å²) in [5.41, 5.74) is 9.00. The third kappa shape index (κ3) is 4.28. The smallest absolute Gasteiger partial charge is 0.337 e. The number of ether oxygens (including phenoxy) is 2. The Hall–Kier alpha value is -3.48. The molecule has 2 amide bonds. The molecule has 4 rings (SSSR count). The van der Waals surface area contributed by atoms with Crippen molar-refractivity contribution in [3.63, 3.8) is 0 Å². The van der Waals surface area contributed by atoms with Crippen molar-refractivity contribution in [1.29, 1.82) is 0 Å². The van der Waals surface area contributed by atoms with Crippen molar-refractivity contribution in [2.75, 3.05) is 19.1 Å². The van der Waals surface area contributed by atoms with Crippen molar-refractivity contribution in [3.05, 3.63) is 59.8 Å². The van der Waals surface area contributed by atoms with Gasteiger partial charge in [0.05, 0.1) is 31.8 Å². The molecule has 1 aromatic heterocycles. The Kier molecular flexibility index (Phi) is 6.35. The van der Waals surface area contributed by atoms with Crippen LogP contribution in [0, 0.1) is 0 Å². The van der Waals surface area contributed by atoms with Gasteiger partial charge >= 0.3 is 12.0 Å².